The van der Waals surface area contributed by atoms with Crippen LogP contribution in [0.4, 0.5) is 10.5 Å². The molecule has 1 aromatic carbocycles. The number of piperidine rings is 1. The molecule has 1 atom stereocenters. The largest absolute Gasteiger partial charge is 0.459 e. The zero-order valence-electron chi connectivity index (χ0n) is 14.3. The van der Waals surface area contributed by atoms with Crippen LogP contribution in [0.2, 0.25) is 5.02 Å². The Kier molecular flexibility index (Phi) is 5.01. The van der Waals surface area contributed by atoms with Crippen molar-refractivity contribution in [3.05, 3.63) is 28.5 Å². The standard InChI is InChI=1S/C18H23ClN2O3/c1-4-16-11(2)14-8-12(19)9-15(17(14)24-16)20-18(22)21-7-5-6-13(10-21)23-3/h8-9,13H,4-7,10H2,1-3H3,(H,20,22)/t13-/m1/s1. The van der Waals surface area contributed by atoms with E-state index < -0.39 is 0 Å². The fraction of sp³-hybridized carbons (Fsp3) is 0.500. The lowest BCUT2D eigenvalue weighted by Crippen LogP contribution is -2.44. The van der Waals surface area contributed by atoms with E-state index in [-0.39, 0.29) is 12.1 Å². The summed E-state index contributed by atoms with van der Waals surface area (Å²) in [6, 6.07) is 3.47. The van der Waals surface area contributed by atoms with E-state index in [4.69, 9.17) is 20.8 Å². The van der Waals surface area contributed by atoms with Crippen molar-refractivity contribution in [3.63, 3.8) is 0 Å². The predicted octanol–water partition coefficient (Wildman–Crippen LogP) is 4.60. The van der Waals surface area contributed by atoms with Gasteiger partial charge in [0.1, 0.15) is 5.76 Å². The molecule has 0 unspecified atom stereocenters. The van der Waals surface area contributed by atoms with Crippen molar-refractivity contribution in [2.45, 2.75) is 39.2 Å². The van der Waals surface area contributed by atoms with Crippen LogP contribution in [0.25, 0.3) is 11.0 Å². The quantitative estimate of drug-likeness (QED) is 0.880. The van der Waals surface area contributed by atoms with E-state index in [0.717, 1.165) is 42.5 Å². The van der Waals surface area contributed by atoms with Crippen LogP contribution >= 0.6 is 11.6 Å². The van der Waals surface area contributed by atoms with Gasteiger partial charge < -0.3 is 19.4 Å². The van der Waals surface area contributed by atoms with E-state index in [1.807, 2.05) is 19.9 Å². The molecular formula is C18H23ClN2O3. The van der Waals surface area contributed by atoms with Gasteiger partial charge in [-0.2, -0.15) is 0 Å². The summed E-state index contributed by atoms with van der Waals surface area (Å²) in [6.45, 7) is 5.39. The Morgan fingerprint density at radius 2 is 2.29 bits per heavy atom. The monoisotopic (exact) mass is 350 g/mol. The fourth-order valence-electron chi connectivity index (χ4n) is 3.27. The Morgan fingerprint density at radius 3 is 3.00 bits per heavy atom. The molecule has 0 saturated carbocycles. The first-order valence-electron chi connectivity index (χ1n) is 8.33. The van der Waals surface area contributed by atoms with Crippen molar-refractivity contribution < 1.29 is 13.9 Å². The smallest absolute Gasteiger partial charge is 0.322 e. The number of likely N-dealkylation sites (tertiary alicyclic amines) is 1. The first kappa shape index (κ1) is 17.1. The van der Waals surface area contributed by atoms with Crippen molar-refractivity contribution in [3.8, 4) is 0 Å². The maximum Gasteiger partial charge on any atom is 0.322 e. The number of aryl methyl sites for hydroxylation is 2. The number of hydrogen-bond acceptors (Lipinski definition) is 3. The van der Waals surface area contributed by atoms with Crippen LogP contribution in [0.3, 0.4) is 0 Å². The molecule has 1 aliphatic heterocycles. The van der Waals surface area contributed by atoms with E-state index in [1.165, 1.54) is 0 Å². The Labute approximate surface area is 146 Å². The first-order chi connectivity index (χ1) is 11.5. The third kappa shape index (κ3) is 3.23. The van der Waals surface area contributed by atoms with Crippen molar-refractivity contribution in [1.82, 2.24) is 4.90 Å². The fourth-order valence-corrected chi connectivity index (χ4v) is 3.49. The third-order valence-electron chi connectivity index (χ3n) is 4.66. The SMILES string of the molecule is CCc1oc2c(NC(=O)N3CCC[C@@H](OC)C3)cc(Cl)cc2c1C. The first-order valence-corrected chi connectivity index (χ1v) is 8.71. The number of furan rings is 1. The summed E-state index contributed by atoms with van der Waals surface area (Å²) in [5, 5.41) is 4.49. The number of halogens is 1. The van der Waals surface area contributed by atoms with Gasteiger partial charge >= 0.3 is 6.03 Å². The van der Waals surface area contributed by atoms with Crippen molar-refractivity contribution in [2.24, 2.45) is 0 Å². The Hall–Kier alpha value is -1.72. The number of amides is 2. The van der Waals surface area contributed by atoms with Crippen molar-refractivity contribution >= 4 is 34.3 Å². The number of rotatable bonds is 3. The van der Waals surface area contributed by atoms with Crippen LogP contribution < -0.4 is 5.32 Å². The predicted molar refractivity (Wildman–Crippen MR) is 96.0 cm³/mol. The second-order valence-electron chi connectivity index (χ2n) is 6.21. The zero-order chi connectivity index (χ0) is 17.3. The van der Waals surface area contributed by atoms with E-state index in [9.17, 15) is 4.79 Å². The molecule has 1 saturated heterocycles. The number of anilines is 1. The second-order valence-corrected chi connectivity index (χ2v) is 6.65. The molecule has 1 N–H and O–H groups in total. The molecule has 0 spiro atoms. The number of carbonyl (C=O) groups is 1. The van der Waals surface area contributed by atoms with Crippen molar-refractivity contribution in [1.29, 1.82) is 0 Å². The Morgan fingerprint density at radius 1 is 1.50 bits per heavy atom. The summed E-state index contributed by atoms with van der Waals surface area (Å²) < 4.78 is 11.3. The molecule has 1 aromatic heterocycles. The second kappa shape index (κ2) is 7.03. The molecule has 0 aliphatic carbocycles. The summed E-state index contributed by atoms with van der Waals surface area (Å²) in [6.07, 6.45) is 2.82. The topological polar surface area (TPSA) is 54.7 Å². The molecule has 0 radical (unpaired) electrons. The number of fused-ring (bicyclic) bond motifs is 1. The van der Waals surface area contributed by atoms with Crippen LogP contribution in [0.1, 0.15) is 31.1 Å². The normalized spacial score (nSPS) is 18.2. The average molecular weight is 351 g/mol. The van der Waals surface area contributed by atoms with E-state index in [1.54, 1.807) is 18.1 Å². The highest BCUT2D eigenvalue weighted by Crippen LogP contribution is 2.34. The molecule has 5 nitrogen and oxygen atoms in total. The number of methoxy groups -OCH3 is 1. The van der Waals surface area contributed by atoms with Gasteiger partial charge in [0, 0.05) is 37.0 Å². The van der Waals surface area contributed by atoms with Crippen LogP contribution in [0.15, 0.2) is 16.5 Å². The zero-order valence-corrected chi connectivity index (χ0v) is 15.1. The van der Waals surface area contributed by atoms with Gasteiger partial charge in [-0.3, -0.25) is 0 Å². The summed E-state index contributed by atoms with van der Waals surface area (Å²) in [5.74, 6) is 0.917. The summed E-state index contributed by atoms with van der Waals surface area (Å²) in [4.78, 5) is 14.4. The number of ether oxygens (including phenoxy) is 1. The lowest BCUT2D eigenvalue weighted by Gasteiger charge is -2.31. The summed E-state index contributed by atoms with van der Waals surface area (Å²) >= 11 is 6.24. The molecular weight excluding hydrogens is 328 g/mol. The number of carbonyl (C=O) groups excluding carboxylic acids is 1. The third-order valence-corrected chi connectivity index (χ3v) is 4.88. The Bertz CT molecular complexity index is 756. The van der Waals surface area contributed by atoms with Crippen LogP contribution in [-0.2, 0) is 11.2 Å². The maximum absolute atomic E-state index is 12.6. The van der Waals surface area contributed by atoms with Gasteiger partial charge in [-0.25, -0.2) is 4.79 Å². The van der Waals surface area contributed by atoms with Gasteiger partial charge in [0.25, 0.3) is 0 Å². The molecule has 1 fully saturated rings. The molecule has 2 aromatic rings. The summed E-state index contributed by atoms with van der Waals surface area (Å²) in [5.41, 5.74) is 2.37. The molecule has 3 rings (SSSR count). The van der Waals surface area contributed by atoms with Crippen LogP contribution in [0.5, 0.6) is 0 Å². The van der Waals surface area contributed by atoms with Gasteiger partial charge in [-0.05, 0) is 37.5 Å². The maximum atomic E-state index is 12.6. The van der Waals surface area contributed by atoms with E-state index in [2.05, 4.69) is 5.32 Å². The Balaban J connectivity index is 1.88. The molecule has 0 bridgehead atoms. The van der Waals surface area contributed by atoms with Gasteiger partial charge in [-0.1, -0.05) is 18.5 Å². The van der Waals surface area contributed by atoms with Crippen molar-refractivity contribution in [2.75, 3.05) is 25.5 Å². The van der Waals surface area contributed by atoms with Crippen LogP contribution in [-0.4, -0.2) is 37.2 Å². The highest BCUT2D eigenvalue weighted by molar-refractivity contribution is 6.32. The van der Waals surface area contributed by atoms with Crippen LogP contribution in [0, 0.1) is 6.92 Å². The van der Waals surface area contributed by atoms with E-state index >= 15 is 0 Å². The highest BCUT2D eigenvalue weighted by Gasteiger charge is 2.24. The highest BCUT2D eigenvalue weighted by atomic mass is 35.5. The minimum Gasteiger partial charge on any atom is -0.459 e. The minimum atomic E-state index is -0.146. The molecule has 130 valence electrons. The lowest BCUT2D eigenvalue weighted by atomic mass is 10.1. The number of hydrogen-bond donors (Lipinski definition) is 1. The van der Waals surface area contributed by atoms with Gasteiger partial charge in [0.05, 0.1) is 11.8 Å². The van der Waals surface area contributed by atoms with Gasteiger partial charge in [0.2, 0.25) is 0 Å². The number of nitrogens with zero attached hydrogens (tertiary/aromatic N) is 1. The molecule has 1 aliphatic rings. The van der Waals surface area contributed by atoms with Gasteiger partial charge in [0.15, 0.2) is 5.58 Å². The molecule has 24 heavy (non-hydrogen) atoms. The average Bonchev–Trinajstić information content (AvgIpc) is 2.91. The molecule has 6 heteroatoms. The summed E-state index contributed by atoms with van der Waals surface area (Å²) in [7, 11) is 1.69. The number of urea groups is 1. The minimum absolute atomic E-state index is 0.0985. The number of benzene rings is 1. The molecule has 2 heterocycles. The van der Waals surface area contributed by atoms with E-state index in [0.29, 0.717) is 22.8 Å². The molecule has 2 amide bonds. The lowest BCUT2D eigenvalue weighted by molar-refractivity contribution is 0.0458. The van der Waals surface area contributed by atoms with Gasteiger partial charge in [-0.15, -0.1) is 0 Å². The number of nitrogens with one attached hydrogen (secondary N) is 1.